The maximum absolute atomic E-state index is 12.2. The number of carbonyl (C=O) groups is 1. The van der Waals surface area contributed by atoms with Gasteiger partial charge in [0.2, 0.25) is 0 Å². The Morgan fingerprint density at radius 3 is 2.74 bits per heavy atom. The van der Waals surface area contributed by atoms with Gasteiger partial charge < -0.3 is 14.9 Å². The Kier molecular flexibility index (Phi) is 3.15. The van der Waals surface area contributed by atoms with Crippen LogP contribution in [0.4, 0.5) is 0 Å². The monoisotopic (exact) mass is 318 g/mol. The zero-order valence-corrected chi connectivity index (χ0v) is 13.7. The Bertz CT molecular complexity index is 584. The molecule has 0 spiro atoms. The molecule has 0 aromatic carbocycles. The average molecular weight is 318 g/mol. The Morgan fingerprint density at radius 1 is 1.35 bits per heavy atom. The van der Waals surface area contributed by atoms with E-state index in [0.29, 0.717) is 24.7 Å². The molecule has 0 amide bonds. The molecule has 4 fully saturated rings. The van der Waals surface area contributed by atoms with Crippen LogP contribution in [-0.2, 0) is 9.53 Å². The van der Waals surface area contributed by atoms with Gasteiger partial charge in [0, 0.05) is 12.3 Å². The second-order valence-corrected chi connectivity index (χ2v) is 8.15. The van der Waals surface area contributed by atoms with Crippen LogP contribution in [0.5, 0.6) is 0 Å². The zero-order chi connectivity index (χ0) is 16.6. The third kappa shape index (κ3) is 1.66. The fourth-order valence-electron chi connectivity index (χ4n) is 6.06. The maximum atomic E-state index is 12.2. The van der Waals surface area contributed by atoms with Gasteiger partial charge in [-0.05, 0) is 50.4 Å². The van der Waals surface area contributed by atoms with E-state index < -0.39 is 17.1 Å². The summed E-state index contributed by atoms with van der Waals surface area (Å²) in [5.41, 5.74) is -0.833. The van der Waals surface area contributed by atoms with Crippen molar-refractivity contribution in [2.75, 3.05) is 0 Å². The number of allylic oxidation sites excluding steroid dienone is 2. The summed E-state index contributed by atoms with van der Waals surface area (Å²) in [4.78, 5) is 12.2. The van der Waals surface area contributed by atoms with E-state index in [9.17, 15) is 15.0 Å². The molecule has 1 heterocycles. The molecule has 0 radical (unpaired) electrons. The molecule has 4 heteroatoms. The molecule has 3 saturated carbocycles. The molecule has 0 aromatic heterocycles. The fraction of sp³-hybridized carbons (Fsp3) is 0.737. The number of fused-ring (bicyclic) bond motifs is 5. The summed E-state index contributed by atoms with van der Waals surface area (Å²) in [5.74, 6) is 0.263. The molecule has 3 aliphatic carbocycles. The second kappa shape index (κ2) is 4.70. The van der Waals surface area contributed by atoms with Crippen LogP contribution >= 0.6 is 0 Å². The minimum Gasteiger partial charge on any atom is -0.460 e. The van der Waals surface area contributed by atoms with E-state index in [2.05, 4.69) is 13.2 Å². The van der Waals surface area contributed by atoms with E-state index in [1.54, 1.807) is 0 Å². The largest absolute Gasteiger partial charge is 0.460 e. The predicted octanol–water partition coefficient (Wildman–Crippen LogP) is 2.21. The fourth-order valence-corrected chi connectivity index (χ4v) is 6.06. The van der Waals surface area contributed by atoms with Crippen molar-refractivity contribution in [3.8, 4) is 0 Å². The Balaban J connectivity index is 1.72. The van der Waals surface area contributed by atoms with Crippen LogP contribution in [0.1, 0.15) is 39.0 Å². The lowest BCUT2D eigenvalue weighted by Crippen LogP contribution is -2.77. The molecule has 1 saturated heterocycles. The number of hydrogen-bond donors (Lipinski definition) is 2. The number of ether oxygens (including phenoxy) is 1. The first kappa shape index (κ1) is 15.4. The highest BCUT2D eigenvalue weighted by Gasteiger charge is 2.74. The Hall–Kier alpha value is -1.13. The molecule has 1 aliphatic heterocycles. The lowest BCUT2D eigenvalue weighted by molar-refractivity contribution is -0.304. The minimum atomic E-state index is -1.16. The lowest BCUT2D eigenvalue weighted by Gasteiger charge is -2.65. The molecule has 4 nitrogen and oxygen atoms in total. The number of esters is 1. The normalized spacial score (nSPS) is 54.9. The van der Waals surface area contributed by atoms with Crippen LogP contribution < -0.4 is 0 Å². The van der Waals surface area contributed by atoms with Crippen LogP contribution in [-0.4, -0.2) is 34.0 Å². The van der Waals surface area contributed by atoms with E-state index in [0.717, 1.165) is 19.3 Å². The number of aliphatic hydroxyl groups excluding tert-OH is 1. The molecule has 23 heavy (non-hydrogen) atoms. The van der Waals surface area contributed by atoms with Crippen molar-refractivity contribution in [1.82, 2.24) is 0 Å². The summed E-state index contributed by atoms with van der Waals surface area (Å²) in [6.07, 6.45) is 4.70. The van der Waals surface area contributed by atoms with Crippen LogP contribution in [0, 0.1) is 29.1 Å². The third-order valence-electron chi connectivity index (χ3n) is 7.50. The van der Waals surface area contributed by atoms with Crippen LogP contribution in [0.2, 0.25) is 0 Å². The van der Waals surface area contributed by atoms with Crippen molar-refractivity contribution >= 4 is 5.97 Å². The van der Waals surface area contributed by atoms with Crippen molar-refractivity contribution < 1.29 is 19.7 Å². The van der Waals surface area contributed by atoms with Crippen molar-refractivity contribution in [1.29, 1.82) is 0 Å². The first-order valence-electron chi connectivity index (χ1n) is 8.77. The summed E-state index contributed by atoms with van der Waals surface area (Å²) in [7, 11) is 0. The standard InChI is InChI=1S/C19H26O4/c1-4-11-5-6-13-12(10(11)2)7-8-19(22)16(13)14(20)9-15-18(19,3)17(21)23-15/h4,11-16,20,22H,1-2,5-9H2,3H3. The molecular weight excluding hydrogens is 292 g/mol. The number of carbonyl (C=O) groups excluding carboxylic acids is 1. The van der Waals surface area contributed by atoms with Gasteiger partial charge in [-0.2, -0.15) is 0 Å². The molecule has 126 valence electrons. The molecule has 4 aliphatic rings. The Labute approximate surface area is 137 Å². The van der Waals surface area contributed by atoms with Gasteiger partial charge >= 0.3 is 5.97 Å². The van der Waals surface area contributed by atoms with E-state index >= 15 is 0 Å². The summed E-state index contributed by atoms with van der Waals surface area (Å²) >= 11 is 0. The molecule has 2 N–H and O–H groups in total. The van der Waals surface area contributed by atoms with Crippen LogP contribution in [0.15, 0.2) is 24.8 Å². The van der Waals surface area contributed by atoms with Crippen LogP contribution in [0.25, 0.3) is 0 Å². The second-order valence-electron chi connectivity index (χ2n) is 8.15. The SMILES string of the molecule is C=CC1CCC2C(CCC3(O)C2C(O)CC2OC(=O)C23C)C1=C. The smallest absolute Gasteiger partial charge is 0.318 e. The quantitative estimate of drug-likeness (QED) is 0.574. The van der Waals surface area contributed by atoms with E-state index in [1.165, 1.54) is 5.57 Å². The average Bonchev–Trinajstić information content (AvgIpc) is 2.52. The zero-order valence-electron chi connectivity index (χ0n) is 13.7. The maximum Gasteiger partial charge on any atom is 0.318 e. The highest BCUT2D eigenvalue weighted by atomic mass is 16.6. The third-order valence-corrected chi connectivity index (χ3v) is 7.50. The molecule has 8 atom stereocenters. The molecule has 8 unspecified atom stereocenters. The summed E-state index contributed by atoms with van der Waals surface area (Å²) < 4.78 is 5.23. The highest BCUT2D eigenvalue weighted by molar-refractivity contribution is 5.85. The number of rotatable bonds is 1. The van der Waals surface area contributed by atoms with Gasteiger partial charge in [0.15, 0.2) is 0 Å². The van der Waals surface area contributed by atoms with E-state index in [-0.39, 0.29) is 23.9 Å². The van der Waals surface area contributed by atoms with E-state index in [4.69, 9.17) is 4.74 Å². The summed E-state index contributed by atoms with van der Waals surface area (Å²) in [6.45, 7) is 10.0. The van der Waals surface area contributed by atoms with Crippen molar-refractivity contribution in [3.05, 3.63) is 24.8 Å². The molecule has 4 rings (SSSR count). The lowest BCUT2D eigenvalue weighted by atomic mass is 9.45. The van der Waals surface area contributed by atoms with Crippen molar-refractivity contribution in [2.24, 2.45) is 29.1 Å². The highest BCUT2D eigenvalue weighted by Crippen LogP contribution is 2.64. The number of aliphatic hydroxyl groups is 2. The predicted molar refractivity (Wildman–Crippen MR) is 85.3 cm³/mol. The van der Waals surface area contributed by atoms with Gasteiger partial charge in [0.1, 0.15) is 11.5 Å². The van der Waals surface area contributed by atoms with Gasteiger partial charge in [-0.1, -0.05) is 18.2 Å². The number of hydrogen-bond acceptors (Lipinski definition) is 4. The summed E-state index contributed by atoms with van der Waals surface area (Å²) in [5, 5.41) is 22.3. The van der Waals surface area contributed by atoms with Crippen molar-refractivity contribution in [2.45, 2.75) is 56.8 Å². The van der Waals surface area contributed by atoms with Gasteiger partial charge in [-0.3, -0.25) is 4.79 Å². The molecule has 0 aromatic rings. The van der Waals surface area contributed by atoms with Gasteiger partial charge in [-0.15, -0.1) is 6.58 Å². The molecule has 0 bridgehead atoms. The molecular formula is C19H26O4. The Morgan fingerprint density at radius 2 is 2.09 bits per heavy atom. The van der Waals surface area contributed by atoms with Gasteiger partial charge in [0.05, 0.1) is 11.7 Å². The minimum absolute atomic E-state index is 0.193. The van der Waals surface area contributed by atoms with Gasteiger partial charge in [0.25, 0.3) is 0 Å². The first-order chi connectivity index (χ1) is 10.8. The van der Waals surface area contributed by atoms with E-state index in [1.807, 2.05) is 13.0 Å². The summed E-state index contributed by atoms with van der Waals surface area (Å²) in [6, 6.07) is 0. The van der Waals surface area contributed by atoms with Crippen LogP contribution in [0.3, 0.4) is 0 Å². The first-order valence-corrected chi connectivity index (χ1v) is 8.77. The topological polar surface area (TPSA) is 66.8 Å². The van der Waals surface area contributed by atoms with Crippen molar-refractivity contribution in [3.63, 3.8) is 0 Å². The van der Waals surface area contributed by atoms with Gasteiger partial charge in [-0.25, -0.2) is 0 Å².